The summed E-state index contributed by atoms with van der Waals surface area (Å²) in [5.41, 5.74) is 1.65. The van der Waals surface area contributed by atoms with Crippen molar-refractivity contribution in [3.05, 3.63) is 66.7 Å². The Kier molecular flexibility index (Phi) is 7.96. The van der Waals surface area contributed by atoms with Gasteiger partial charge in [-0.1, -0.05) is 13.3 Å². The van der Waals surface area contributed by atoms with Crippen molar-refractivity contribution in [1.82, 2.24) is 14.9 Å². The number of nitrogens with zero attached hydrogens (tertiary/aromatic N) is 5. The standard InChI is InChI=1S/C22H25N5OS/c1-2-3-14-28-21-9-11-22(12-10-21)29-15-4-13-27(26-17-24-25-18-26)20-7-5-19(16-23)6-8-20/h5-12,17-18H,2-4,13-15H2,1H3. The summed E-state index contributed by atoms with van der Waals surface area (Å²) in [6, 6.07) is 18.0. The third-order valence-corrected chi connectivity index (χ3v) is 5.45. The van der Waals surface area contributed by atoms with Gasteiger partial charge in [-0.3, -0.25) is 5.01 Å². The lowest BCUT2D eigenvalue weighted by Crippen LogP contribution is -2.29. The normalized spacial score (nSPS) is 10.5. The summed E-state index contributed by atoms with van der Waals surface area (Å²) in [6.07, 6.45) is 6.57. The van der Waals surface area contributed by atoms with E-state index in [1.807, 2.05) is 52.8 Å². The SMILES string of the molecule is CCCCOc1ccc(SCCCN(c2ccc(C#N)cc2)n2cnnc2)cc1. The van der Waals surface area contributed by atoms with E-state index in [0.29, 0.717) is 5.56 Å². The number of hydrogen-bond donors (Lipinski definition) is 0. The average Bonchev–Trinajstić information content (AvgIpc) is 3.30. The summed E-state index contributed by atoms with van der Waals surface area (Å²) in [7, 11) is 0. The summed E-state index contributed by atoms with van der Waals surface area (Å²) in [5, 5.41) is 18.9. The van der Waals surface area contributed by atoms with Crippen LogP contribution in [0.2, 0.25) is 0 Å². The highest BCUT2D eigenvalue weighted by molar-refractivity contribution is 7.99. The number of ether oxygens (including phenoxy) is 1. The highest BCUT2D eigenvalue weighted by Gasteiger charge is 2.09. The maximum absolute atomic E-state index is 9.00. The monoisotopic (exact) mass is 407 g/mol. The molecular formula is C22H25N5OS. The summed E-state index contributed by atoms with van der Waals surface area (Å²) in [6.45, 7) is 3.75. The quantitative estimate of drug-likeness (QED) is 0.337. The Bertz CT molecular complexity index is 888. The highest BCUT2D eigenvalue weighted by Crippen LogP contribution is 2.23. The number of thioether (sulfide) groups is 1. The molecule has 0 aliphatic rings. The molecule has 0 aliphatic carbocycles. The molecule has 29 heavy (non-hydrogen) atoms. The molecule has 0 bridgehead atoms. The van der Waals surface area contributed by atoms with Gasteiger partial charge in [0.2, 0.25) is 0 Å². The van der Waals surface area contributed by atoms with Gasteiger partial charge in [0.1, 0.15) is 18.4 Å². The van der Waals surface area contributed by atoms with Crippen molar-refractivity contribution in [2.75, 3.05) is 23.9 Å². The molecule has 0 unspecified atom stereocenters. The van der Waals surface area contributed by atoms with E-state index in [2.05, 4.69) is 40.3 Å². The number of unbranched alkanes of at least 4 members (excludes halogenated alkanes) is 1. The molecule has 0 aliphatic heterocycles. The Balaban J connectivity index is 1.52. The lowest BCUT2D eigenvalue weighted by atomic mass is 10.2. The van der Waals surface area contributed by atoms with Gasteiger partial charge in [0.25, 0.3) is 0 Å². The summed E-state index contributed by atoms with van der Waals surface area (Å²) >= 11 is 1.83. The molecule has 0 spiro atoms. The molecule has 0 fully saturated rings. The fourth-order valence-electron chi connectivity index (χ4n) is 2.78. The Labute approximate surface area is 176 Å². The Morgan fingerprint density at radius 3 is 2.41 bits per heavy atom. The molecule has 0 saturated carbocycles. The molecule has 1 heterocycles. The van der Waals surface area contributed by atoms with E-state index in [0.717, 1.165) is 49.6 Å². The first-order chi connectivity index (χ1) is 14.3. The molecular weight excluding hydrogens is 382 g/mol. The van der Waals surface area contributed by atoms with E-state index in [1.165, 1.54) is 4.90 Å². The third-order valence-electron chi connectivity index (χ3n) is 4.35. The predicted molar refractivity (Wildman–Crippen MR) is 116 cm³/mol. The summed E-state index contributed by atoms with van der Waals surface area (Å²) in [5.74, 6) is 1.92. The fraction of sp³-hybridized carbons (Fsp3) is 0.318. The minimum atomic E-state index is 0.648. The van der Waals surface area contributed by atoms with Crippen LogP contribution >= 0.6 is 11.8 Å². The molecule has 7 heteroatoms. The van der Waals surface area contributed by atoms with E-state index >= 15 is 0 Å². The summed E-state index contributed by atoms with van der Waals surface area (Å²) < 4.78 is 7.58. The van der Waals surface area contributed by atoms with Crippen molar-refractivity contribution >= 4 is 17.4 Å². The van der Waals surface area contributed by atoms with Gasteiger partial charge in [0.05, 0.1) is 23.9 Å². The molecule has 1 aromatic heterocycles. The molecule has 2 aromatic carbocycles. The largest absolute Gasteiger partial charge is 0.494 e. The van der Waals surface area contributed by atoms with Crippen LogP contribution in [0.4, 0.5) is 5.69 Å². The molecule has 0 amide bonds. The smallest absolute Gasteiger partial charge is 0.139 e. The first-order valence-electron chi connectivity index (χ1n) is 9.78. The molecule has 0 saturated heterocycles. The molecule has 150 valence electrons. The topological polar surface area (TPSA) is 67.0 Å². The van der Waals surface area contributed by atoms with E-state index in [-0.39, 0.29) is 0 Å². The second-order valence-corrected chi connectivity index (χ2v) is 7.67. The zero-order valence-electron chi connectivity index (χ0n) is 16.6. The van der Waals surface area contributed by atoms with Crippen molar-refractivity contribution in [2.45, 2.75) is 31.1 Å². The van der Waals surface area contributed by atoms with Crippen LogP contribution in [0.25, 0.3) is 0 Å². The zero-order chi connectivity index (χ0) is 20.3. The van der Waals surface area contributed by atoms with E-state index in [9.17, 15) is 0 Å². The lowest BCUT2D eigenvalue weighted by molar-refractivity contribution is 0.309. The Hall–Kier alpha value is -2.98. The van der Waals surface area contributed by atoms with Gasteiger partial charge in [-0.05, 0) is 67.1 Å². The van der Waals surface area contributed by atoms with Gasteiger partial charge in [0, 0.05) is 11.4 Å². The number of aromatic nitrogens is 3. The van der Waals surface area contributed by atoms with Gasteiger partial charge in [-0.15, -0.1) is 22.0 Å². The van der Waals surface area contributed by atoms with Crippen LogP contribution in [0.1, 0.15) is 31.7 Å². The number of hydrogen-bond acceptors (Lipinski definition) is 6. The third kappa shape index (κ3) is 6.26. The average molecular weight is 408 g/mol. The number of rotatable bonds is 11. The van der Waals surface area contributed by atoms with Crippen molar-refractivity contribution in [3.63, 3.8) is 0 Å². The van der Waals surface area contributed by atoms with Crippen molar-refractivity contribution in [1.29, 1.82) is 5.26 Å². The van der Waals surface area contributed by atoms with Gasteiger partial charge < -0.3 is 4.74 Å². The first-order valence-corrected chi connectivity index (χ1v) is 10.8. The van der Waals surface area contributed by atoms with E-state index in [4.69, 9.17) is 10.00 Å². The maximum Gasteiger partial charge on any atom is 0.139 e. The number of nitriles is 1. The summed E-state index contributed by atoms with van der Waals surface area (Å²) in [4.78, 5) is 1.24. The lowest BCUT2D eigenvalue weighted by Gasteiger charge is -2.24. The van der Waals surface area contributed by atoms with Crippen molar-refractivity contribution in [3.8, 4) is 11.8 Å². The van der Waals surface area contributed by atoms with Crippen molar-refractivity contribution in [2.24, 2.45) is 0 Å². The minimum Gasteiger partial charge on any atom is -0.494 e. The first kappa shape index (κ1) is 20.7. The molecule has 6 nitrogen and oxygen atoms in total. The predicted octanol–water partition coefficient (Wildman–Crippen LogP) is 4.78. The molecule has 0 atom stereocenters. The number of anilines is 1. The zero-order valence-corrected chi connectivity index (χ0v) is 17.4. The van der Waals surface area contributed by atoms with Crippen molar-refractivity contribution < 1.29 is 4.74 Å². The fourth-order valence-corrected chi connectivity index (χ4v) is 3.61. The second-order valence-electron chi connectivity index (χ2n) is 6.50. The van der Waals surface area contributed by atoms with Gasteiger partial charge in [0.15, 0.2) is 0 Å². The van der Waals surface area contributed by atoms with E-state index < -0.39 is 0 Å². The van der Waals surface area contributed by atoms with Crippen LogP contribution in [-0.2, 0) is 0 Å². The van der Waals surface area contributed by atoms with Crippen LogP contribution in [0.5, 0.6) is 5.75 Å². The van der Waals surface area contributed by atoms with E-state index in [1.54, 1.807) is 12.7 Å². The molecule has 3 aromatic rings. The van der Waals surface area contributed by atoms with Gasteiger partial charge in [-0.2, -0.15) is 5.26 Å². The second kappa shape index (κ2) is 11.1. The maximum atomic E-state index is 9.00. The Morgan fingerprint density at radius 1 is 1.03 bits per heavy atom. The van der Waals surface area contributed by atoms with Crippen LogP contribution in [0.15, 0.2) is 66.1 Å². The van der Waals surface area contributed by atoms with Crippen LogP contribution in [0, 0.1) is 11.3 Å². The minimum absolute atomic E-state index is 0.648. The highest BCUT2D eigenvalue weighted by atomic mass is 32.2. The Morgan fingerprint density at radius 2 is 1.76 bits per heavy atom. The number of benzene rings is 2. The van der Waals surface area contributed by atoms with Crippen LogP contribution in [-0.4, -0.2) is 33.8 Å². The van der Waals surface area contributed by atoms with Crippen LogP contribution < -0.4 is 9.75 Å². The van der Waals surface area contributed by atoms with Gasteiger partial charge in [-0.25, -0.2) is 4.68 Å². The van der Waals surface area contributed by atoms with Gasteiger partial charge >= 0.3 is 0 Å². The van der Waals surface area contributed by atoms with Crippen LogP contribution in [0.3, 0.4) is 0 Å². The molecule has 0 radical (unpaired) electrons. The molecule has 3 rings (SSSR count). The molecule has 0 N–H and O–H groups in total.